The van der Waals surface area contributed by atoms with Gasteiger partial charge in [-0.15, -0.1) is 10.2 Å². The molecule has 1 aromatic carbocycles. The fourth-order valence-corrected chi connectivity index (χ4v) is 3.80. The lowest BCUT2D eigenvalue weighted by molar-refractivity contribution is -0.113. The number of amides is 1. The van der Waals surface area contributed by atoms with Crippen molar-refractivity contribution in [2.24, 2.45) is 0 Å². The zero-order chi connectivity index (χ0) is 20.1. The van der Waals surface area contributed by atoms with E-state index in [1.807, 2.05) is 18.2 Å². The van der Waals surface area contributed by atoms with E-state index in [9.17, 15) is 4.79 Å². The highest BCUT2D eigenvalue weighted by Gasteiger charge is 2.19. The van der Waals surface area contributed by atoms with Crippen molar-refractivity contribution in [3.8, 4) is 11.7 Å². The SMILES string of the molecule is CCN1CCN(c2ccccc2NC(=O)CSc2nnc(-c3ccco3)o2)CC1. The molecular weight excluding hydrogens is 390 g/mol. The van der Waals surface area contributed by atoms with Crippen LogP contribution < -0.4 is 10.2 Å². The Morgan fingerprint density at radius 2 is 1.97 bits per heavy atom. The molecule has 1 aliphatic heterocycles. The van der Waals surface area contributed by atoms with Gasteiger partial charge in [0.1, 0.15) is 0 Å². The van der Waals surface area contributed by atoms with Crippen molar-refractivity contribution in [2.75, 3.05) is 48.7 Å². The Kier molecular flexibility index (Phi) is 6.16. The van der Waals surface area contributed by atoms with Crippen LogP contribution in [-0.4, -0.2) is 59.5 Å². The second-order valence-electron chi connectivity index (χ2n) is 6.63. The third-order valence-electron chi connectivity index (χ3n) is 4.80. The summed E-state index contributed by atoms with van der Waals surface area (Å²) >= 11 is 1.20. The number of piperazine rings is 1. The predicted molar refractivity (Wildman–Crippen MR) is 112 cm³/mol. The Labute approximate surface area is 173 Å². The molecule has 29 heavy (non-hydrogen) atoms. The molecule has 4 rings (SSSR count). The molecule has 0 spiro atoms. The first kappa shape index (κ1) is 19.5. The fourth-order valence-electron chi connectivity index (χ4n) is 3.24. The van der Waals surface area contributed by atoms with Crippen LogP contribution >= 0.6 is 11.8 Å². The van der Waals surface area contributed by atoms with E-state index in [4.69, 9.17) is 8.83 Å². The Morgan fingerprint density at radius 1 is 1.14 bits per heavy atom. The van der Waals surface area contributed by atoms with Crippen molar-refractivity contribution in [2.45, 2.75) is 12.1 Å². The highest BCUT2D eigenvalue weighted by molar-refractivity contribution is 7.99. The molecule has 1 saturated heterocycles. The van der Waals surface area contributed by atoms with Crippen LogP contribution in [0.15, 0.2) is 56.7 Å². The molecule has 152 valence electrons. The number of hydrogen-bond donors (Lipinski definition) is 1. The maximum atomic E-state index is 12.5. The minimum absolute atomic E-state index is 0.118. The molecule has 1 aliphatic rings. The lowest BCUT2D eigenvalue weighted by Crippen LogP contribution is -2.46. The number of likely N-dealkylation sites (N-methyl/N-ethyl adjacent to an activating group) is 1. The largest absolute Gasteiger partial charge is 0.459 e. The normalized spacial score (nSPS) is 14.9. The average molecular weight is 414 g/mol. The van der Waals surface area contributed by atoms with Gasteiger partial charge in [0.2, 0.25) is 5.91 Å². The third kappa shape index (κ3) is 4.80. The average Bonchev–Trinajstić information content (AvgIpc) is 3.45. The summed E-state index contributed by atoms with van der Waals surface area (Å²) in [4.78, 5) is 17.2. The molecule has 1 amide bonds. The van der Waals surface area contributed by atoms with Gasteiger partial charge < -0.3 is 24.0 Å². The van der Waals surface area contributed by atoms with Crippen LogP contribution in [0.25, 0.3) is 11.7 Å². The van der Waals surface area contributed by atoms with Gasteiger partial charge in [0.15, 0.2) is 5.76 Å². The topological polar surface area (TPSA) is 87.6 Å². The first-order chi connectivity index (χ1) is 14.2. The minimum Gasteiger partial charge on any atom is -0.459 e. The van der Waals surface area contributed by atoms with E-state index in [0.717, 1.165) is 44.1 Å². The summed E-state index contributed by atoms with van der Waals surface area (Å²) in [5.74, 6) is 0.866. The molecule has 2 aromatic heterocycles. The van der Waals surface area contributed by atoms with Gasteiger partial charge in [0, 0.05) is 26.2 Å². The summed E-state index contributed by atoms with van der Waals surface area (Å²) < 4.78 is 10.8. The number of rotatable bonds is 7. The third-order valence-corrected chi connectivity index (χ3v) is 5.62. The molecule has 8 nitrogen and oxygen atoms in total. The molecule has 0 saturated carbocycles. The molecule has 0 aliphatic carbocycles. The van der Waals surface area contributed by atoms with Crippen molar-refractivity contribution < 1.29 is 13.6 Å². The molecule has 1 fully saturated rings. The van der Waals surface area contributed by atoms with Crippen LogP contribution in [-0.2, 0) is 4.79 Å². The summed E-state index contributed by atoms with van der Waals surface area (Å²) in [5.41, 5.74) is 1.88. The van der Waals surface area contributed by atoms with E-state index in [-0.39, 0.29) is 11.7 Å². The summed E-state index contributed by atoms with van der Waals surface area (Å²) in [6.45, 7) is 7.22. The zero-order valence-electron chi connectivity index (χ0n) is 16.2. The number of benzene rings is 1. The van der Waals surface area contributed by atoms with Gasteiger partial charge in [-0.05, 0) is 30.8 Å². The summed E-state index contributed by atoms with van der Waals surface area (Å²) in [7, 11) is 0. The quantitative estimate of drug-likeness (QED) is 0.591. The van der Waals surface area contributed by atoms with Crippen molar-refractivity contribution in [1.82, 2.24) is 15.1 Å². The Hall–Kier alpha value is -2.78. The second-order valence-corrected chi connectivity index (χ2v) is 7.55. The maximum Gasteiger partial charge on any atom is 0.284 e. The van der Waals surface area contributed by atoms with Gasteiger partial charge in [-0.1, -0.05) is 30.8 Å². The van der Waals surface area contributed by atoms with Crippen LogP contribution in [0.3, 0.4) is 0 Å². The van der Waals surface area contributed by atoms with Crippen LogP contribution in [0.2, 0.25) is 0 Å². The van der Waals surface area contributed by atoms with Crippen molar-refractivity contribution in [3.63, 3.8) is 0 Å². The predicted octanol–water partition coefficient (Wildman–Crippen LogP) is 3.20. The number of aromatic nitrogens is 2. The van der Waals surface area contributed by atoms with Crippen LogP contribution in [0.1, 0.15) is 6.92 Å². The molecule has 1 N–H and O–H groups in total. The van der Waals surface area contributed by atoms with Gasteiger partial charge in [-0.3, -0.25) is 4.79 Å². The number of carbonyl (C=O) groups excluding carboxylic acids is 1. The first-order valence-corrected chi connectivity index (χ1v) is 10.6. The molecular formula is C20H23N5O3S. The number of nitrogens with zero attached hydrogens (tertiary/aromatic N) is 4. The highest BCUT2D eigenvalue weighted by atomic mass is 32.2. The number of hydrogen-bond acceptors (Lipinski definition) is 8. The lowest BCUT2D eigenvalue weighted by Gasteiger charge is -2.36. The Morgan fingerprint density at radius 3 is 2.72 bits per heavy atom. The lowest BCUT2D eigenvalue weighted by atomic mass is 10.2. The van der Waals surface area contributed by atoms with Crippen LogP contribution in [0.5, 0.6) is 0 Å². The second kappa shape index (κ2) is 9.15. The molecule has 3 aromatic rings. The summed E-state index contributed by atoms with van der Waals surface area (Å²) in [6, 6.07) is 11.4. The van der Waals surface area contributed by atoms with Gasteiger partial charge in [0.05, 0.1) is 23.4 Å². The zero-order valence-corrected chi connectivity index (χ0v) is 17.0. The van der Waals surface area contributed by atoms with Gasteiger partial charge >= 0.3 is 0 Å². The van der Waals surface area contributed by atoms with E-state index in [0.29, 0.717) is 16.9 Å². The van der Waals surface area contributed by atoms with Gasteiger partial charge in [-0.2, -0.15) is 0 Å². The van der Waals surface area contributed by atoms with Crippen LogP contribution in [0, 0.1) is 0 Å². The van der Waals surface area contributed by atoms with E-state index in [1.165, 1.54) is 11.8 Å². The summed E-state index contributed by atoms with van der Waals surface area (Å²) in [6.07, 6.45) is 1.54. The Bertz CT molecular complexity index is 935. The number of anilines is 2. The Balaban J connectivity index is 1.34. The maximum absolute atomic E-state index is 12.5. The summed E-state index contributed by atoms with van der Waals surface area (Å²) in [5, 5.41) is 11.2. The number of furan rings is 1. The molecule has 0 atom stereocenters. The van der Waals surface area contributed by atoms with Crippen molar-refractivity contribution >= 4 is 29.0 Å². The standard InChI is InChI=1S/C20H23N5O3S/c1-2-24-9-11-25(12-10-24)16-7-4-3-6-15(16)21-18(26)14-29-20-23-22-19(28-20)17-8-5-13-27-17/h3-8,13H,2,9-12,14H2,1H3,(H,21,26). The smallest absolute Gasteiger partial charge is 0.284 e. The molecule has 0 unspecified atom stereocenters. The van der Waals surface area contributed by atoms with E-state index < -0.39 is 0 Å². The van der Waals surface area contributed by atoms with E-state index in [1.54, 1.807) is 18.4 Å². The monoisotopic (exact) mass is 413 g/mol. The van der Waals surface area contributed by atoms with Crippen LogP contribution in [0.4, 0.5) is 11.4 Å². The van der Waals surface area contributed by atoms with Gasteiger partial charge in [-0.25, -0.2) is 0 Å². The van der Waals surface area contributed by atoms with E-state index in [2.05, 4.69) is 38.3 Å². The highest BCUT2D eigenvalue weighted by Crippen LogP contribution is 2.28. The first-order valence-electron chi connectivity index (χ1n) is 9.59. The number of thioether (sulfide) groups is 1. The van der Waals surface area contributed by atoms with Gasteiger partial charge in [0.25, 0.3) is 11.1 Å². The minimum atomic E-state index is -0.118. The van der Waals surface area contributed by atoms with E-state index >= 15 is 0 Å². The van der Waals surface area contributed by atoms with Crippen molar-refractivity contribution in [1.29, 1.82) is 0 Å². The number of para-hydroxylation sites is 2. The molecule has 9 heteroatoms. The molecule has 0 radical (unpaired) electrons. The molecule has 3 heterocycles. The van der Waals surface area contributed by atoms with Crippen molar-refractivity contribution in [3.05, 3.63) is 42.7 Å². The fraction of sp³-hybridized carbons (Fsp3) is 0.350. The number of carbonyl (C=O) groups is 1. The molecule has 0 bridgehead atoms. The number of nitrogens with one attached hydrogen (secondary N) is 1.